The van der Waals surface area contributed by atoms with Crippen molar-refractivity contribution in [3.63, 3.8) is 0 Å². The van der Waals surface area contributed by atoms with Gasteiger partial charge in [-0.05, 0) is 40.0 Å². The van der Waals surface area contributed by atoms with Crippen molar-refractivity contribution in [2.24, 2.45) is 0 Å². The van der Waals surface area contributed by atoms with Crippen molar-refractivity contribution in [2.45, 2.75) is 25.3 Å². The van der Waals surface area contributed by atoms with Gasteiger partial charge in [0.2, 0.25) is 0 Å². The Bertz CT molecular complexity index is 358. The number of nitrogens with one attached hydrogen (secondary N) is 1. The first-order chi connectivity index (χ1) is 8.70. The van der Waals surface area contributed by atoms with Crippen molar-refractivity contribution in [1.29, 1.82) is 0 Å². The van der Waals surface area contributed by atoms with Gasteiger partial charge >= 0.3 is 0 Å². The van der Waals surface area contributed by atoms with E-state index >= 15 is 0 Å². The largest absolute Gasteiger partial charge is 0.348 e. The van der Waals surface area contributed by atoms with Gasteiger partial charge in [0.15, 0.2) is 5.13 Å². The summed E-state index contributed by atoms with van der Waals surface area (Å²) in [6, 6.07) is 0.657. The molecule has 2 heterocycles. The third-order valence-electron chi connectivity index (χ3n) is 3.71. The summed E-state index contributed by atoms with van der Waals surface area (Å²) in [5.74, 6) is 0. The van der Waals surface area contributed by atoms with Gasteiger partial charge in [-0.3, -0.25) is 0 Å². The molecule has 2 rings (SSSR count). The molecule has 4 nitrogen and oxygen atoms in total. The summed E-state index contributed by atoms with van der Waals surface area (Å²) >= 11 is 1.78. The van der Waals surface area contributed by atoms with Crippen molar-refractivity contribution in [3.05, 3.63) is 11.1 Å². The van der Waals surface area contributed by atoms with Crippen molar-refractivity contribution in [2.75, 3.05) is 45.7 Å². The van der Waals surface area contributed by atoms with E-state index in [-0.39, 0.29) is 0 Å². The van der Waals surface area contributed by atoms with Crippen molar-refractivity contribution < 1.29 is 0 Å². The fourth-order valence-electron chi connectivity index (χ4n) is 2.36. The maximum absolute atomic E-state index is 4.73. The van der Waals surface area contributed by atoms with Gasteiger partial charge in [-0.2, -0.15) is 0 Å². The van der Waals surface area contributed by atoms with Crippen LogP contribution in [-0.4, -0.2) is 56.7 Å². The molecule has 1 saturated heterocycles. The average Bonchev–Trinajstić information content (AvgIpc) is 2.85. The molecule has 18 heavy (non-hydrogen) atoms. The van der Waals surface area contributed by atoms with Crippen LogP contribution in [0.4, 0.5) is 5.13 Å². The van der Waals surface area contributed by atoms with E-state index in [1.807, 2.05) is 7.05 Å². The quantitative estimate of drug-likeness (QED) is 0.875. The van der Waals surface area contributed by atoms with Crippen LogP contribution in [0.25, 0.3) is 0 Å². The monoisotopic (exact) mass is 268 g/mol. The van der Waals surface area contributed by atoms with Gasteiger partial charge in [-0.15, -0.1) is 11.3 Å². The lowest BCUT2D eigenvalue weighted by molar-refractivity contribution is 0.253. The van der Waals surface area contributed by atoms with Crippen LogP contribution in [0, 0.1) is 0 Å². The van der Waals surface area contributed by atoms with E-state index in [0.29, 0.717) is 6.04 Å². The van der Waals surface area contributed by atoms with Crippen LogP contribution < -0.4 is 10.2 Å². The van der Waals surface area contributed by atoms with Crippen LogP contribution in [0.5, 0.6) is 0 Å². The van der Waals surface area contributed by atoms with E-state index in [1.165, 1.54) is 36.8 Å². The number of hydrogen-bond acceptors (Lipinski definition) is 5. The minimum atomic E-state index is 0.657. The predicted octanol–water partition coefficient (Wildman–Crippen LogP) is 1.44. The average molecular weight is 268 g/mol. The molecule has 0 amide bonds. The number of rotatable bonds is 5. The summed E-state index contributed by atoms with van der Waals surface area (Å²) in [4.78, 5) is 9.52. The summed E-state index contributed by atoms with van der Waals surface area (Å²) < 4.78 is 0. The van der Waals surface area contributed by atoms with Crippen LogP contribution in [0.3, 0.4) is 0 Å². The number of nitrogens with zero attached hydrogens (tertiary/aromatic N) is 3. The summed E-state index contributed by atoms with van der Waals surface area (Å²) in [5, 5.41) is 6.54. The molecule has 5 heteroatoms. The molecule has 0 saturated carbocycles. The number of aromatic nitrogens is 1. The van der Waals surface area contributed by atoms with Gasteiger partial charge in [0.25, 0.3) is 0 Å². The number of hydrogen-bond donors (Lipinski definition) is 1. The molecule has 1 aliphatic rings. The van der Waals surface area contributed by atoms with Crippen molar-refractivity contribution >= 4 is 16.5 Å². The summed E-state index contributed by atoms with van der Waals surface area (Å²) in [6.45, 7) is 3.40. The molecule has 1 N–H and O–H groups in total. The second-order valence-electron chi connectivity index (χ2n) is 5.12. The van der Waals surface area contributed by atoms with Gasteiger partial charge in [-0.25, -0.2) is 4.98 Å². The zero-order chi connectivity index (χ0) is 13.0. The predicted molar refractivity (Wildman–Crippen MR) is 78.7 cm³/mol. The molecule has 102 valence electrons. The standard InChI is InChI=1S/C13H24N4S/c1-14-7-4-11-10-18-13(15-11)17(3)12-5-8-16(2)9-6-12/h10,12,14H,4-9H2,1-3H3. The highest BCUT2D eigenvalue weighted by atomic mass is 32.1. The van der Waals surface area contributed by atoms with Crippen LogP contribution in [0.2, 0.25) is 0 Å². The first-order valence-electron chi connectivity index (χ1n) is 6.71. The Labute approximate surface area is 114 Å². The topological polar surface area (TPSA) is 31.4 Å². The molecule has 1 aromatic rings. The van der Waals surface area contributed by atoms with Crippen LogP contribution in [0.15, 0.2) is 5.38 Å². The Morgan fingerprint density at radius 3 is 2.89 bits per heavy atom. The number of likely N-dealkylation sites (N-methyl/N-ethyl adjacent to an activating group) is 1. The molecular formula is C13H24N4S. The van der Waals surface area contributed by atoms with E-state index < -0.39 is 0 Å². The molecule has 0 bridgehead atoms. The first-order valence-corrected chi connectivity index (χ1v) is 7.59. The maximum Gasteiger partial charge on any atom is 0.185 e. The molecule has 0 aliphatic carbocycles. The number of anilines is 1. The van der Waals surface area contributed by atoms with E-state index in [0.717, 1.165) is 13.0 Å². The Balaban J connectivity index is 1.91. The lowest BCUT2D eigenvalue weighted by atomic mass is 10.0. The summed E-state index contributed by atoms with van der Waals surface area (Å²) in [5.41, 5.74) is 1.21. The third kappa shape index (κ3) is 3.43. The molecule has 1 aliphatic heterocycles. The van der Waals surface area contributed by atoms with Gasteiger partial charge in [0, 0.05) is 31.4 Å². The number of likely N-dealkylation sites (tertiary alicyclic amines) is 1. The fraction of sp³-hybridized carbons (Fsp3) is 0.769. The second kappa shape index (κ2) is 6.50. The van der Waals surface area contributed by atoms with Gasteiger partial charge < -0.3 is 15.1 Å². The van der Waals surface area contributed by atoms with E-state index in [9.17, 15) is 0 Å². The van der Waals surface area contributed by atoms with Crippen LogP contribution >= 0.6 is 11.3 Å². The number of thiazole rings is 1. The highest BCUT2D eigenvalue weighted by molar-refractivity contribution is 7.13. The highest BCUT2D eigenvalue weighted by Gasteiger charge is 2.22. The van der Waals surface area contributed by atoms with Gasteiger partial charge in [0.05, 0.1) is 5.69 Å². The zero-order valence-electron chi connectivity index (χ0n) is 11.6. The molecule has 1 aromatic heterocycles. The molecule has 0 radical (unpaired) electrons. The molecular weight excluding hydrogens is 244 g/mol. The van der Waals surface area contributed by atoms with Crippen LogP contribution in [-0.2, 0) is 6.42 Å². The van der Waals surface area contributed by atoms with E-state index in [4.69, 9.17) is 4.98 Å². The Morgan fingerprint density at radius 1 is 1.50 bits per heavy atom. The Kier molecular flexibility index (Phi) is 4.97. The second-order valence-corrected chi connectivity index (χ2v) is 5.96. The maximum atomic E-state index is 4.73. The molecule has 0 unspecified atom stereocenters. The van der Waals surface area contributed by atoms with Gasteiger partial charge in [0.1, 0.15) is 0 Å². The highest BCUT2D eigenvalue weighted by Crippen LogP contribution is 2.25. The smallest absolute Gasteiger partial charge is 0.185 e. The summed E-state index contributed by atoms with van der Waals surface area (Å²) in [6.07, 6.45) is 3.52. The van der Waals surface area contributed by atoms with E-state index in [1.54, 1.807) is 11.3 Å². The lowest BCUT2D eigenvalue weighted by Gasteiger charge is -2.34. The molecule has 1 fully saturated rings. The zero-order valence-corrected chi connectivity index (χ0v) is 12.5. The van der Waals surface area contributed by atoms with Gasteiger partial charge in [-0.1, -0.05) is 0 Å². The molecule has 0 atom stereocenters. The molecule has 0 aromatic carbocycles. The number of piperidine rings is 1. The van der Waals surface area contributed by atoms with Crippen molar-refractivity contribution in [3.8, 4) is 0 Å². The van der Waals surface area contributed by atoms with E-state index in [2.05, 4.69) is 34.6 Å². The van der Waals surface area contributed by atoms with Crippen molar-refractivity contribution in [1.82, 2.24) is 15.2 Å². The normalized spacial score (nSPS) is 18.2. The summed E-state index contributed by atoms with van der Waals surface area (Å²) in [7, 11) is 6.38. The fourth-order valence-corrected chi connectivity index (χ4v) is 3.26. The SMILES string of the molecule is CNCCc1csc(N(C)C2CCN(C)CC2)n1. The minimum Gasteiger partial charge on any atom is -0.348 e. The van der Waals surface area contributed by atoms with Crippen LogP contribution in [0.1, 0.15) is 18.5 Å². The third-order valence-corrected chi connectivity index (χ3v) is 4.69. The lowest BCUT2D eigenvalue weighted by Crippen LogP contribution is -2.41. The Morgan fingerprint density at radius 2 is 2.22 bits per heavy atom. The molecule has 0 spiro atoms. The minimum absolute atomic E-state index is 0.657. The Hall–Kier alpha value is -0.650. The first kappa shape index (κ1) is 13.8.